The Morgan fingerprint density at radius 3 is 2.24 bits per heavy atom. The number of nitro groups is 1. The minimum Gasteiger partial charge on any atom is -0.335 e. The molecule has 1 fully saturated rings. The zero-order valence-electron chi connectivity index (χ0n) is 13.7. The van der Waals surface area contributed by atoms with Crippen LogP contribution in [0.2, 0.25) is 0 Å². The van der Waals surface area contributed by atoms with Crippen molar-refractivity contribution in [2.45, 2.75) is 6.92 Å². The summed E-state index contributed by atoms with van der Waals surface area (Å²) in [4.78, 5) is 39.5. The molecule has 8 heteroatoms. The average Bonchev–Trinajstić information content (AvgIpc) is 3.15. The monoisotopic (exact) mass is 359 g/mol. The summed E-state index contributed by atoms with van der Waals surface area (Å²) in [6.45, 7) is 3.48. The Balaban J connectivity index is 1.65. The molecule has 1 saturated heterocycles. The summed E-state index contributed by atoms with van der Waals surface area (Å²) >= 11 is 1.41. The van der Waals surface area contributed by atoms with Gasteiger partial charge >= 0.3 is 0 Å². The molecule has 130 valence electrons. The van der Waals surface area contributed by atoms with Crippen LogP contribution < -0.4 is 0 Å². The largest absolute Gasteiger partial charge is 0.335 e. The summed E-state index contributed by atoms with van der Waals surface area (Å²) in [6, 6.07) is 8.03. The first kappa shape index (κ1) is 17.1. The Kier molecular flexibility index (Phi) is 4.80. The van der Waals surface area contributed by atoms with E-state index in [1.165, 1.54) is 23.5 Å². The lowest BCUT2D eigenvalue weighted by Crippen LogP contribution is -2.50. The summed E-state index contributed by atoms with van der Waals surface area (Å²) in [7, 11) is 0. The number of aryl methyl sites for hydroxylation is 1. The van der Waals surface area contributed by atoms with Crippen LogP contribution in [0.25, 0.3) is 0 Å². The summed E-state index contributed by atoms with van der Waals surface area (Å²) in [5.74, 6) is -0.172. The van der Waals surface area contributed by atoms with Gasteiger partial charge in [0, 0.05) is 43.4 Å². The van der Waals surface area contributed by atoms with Gasteiger partial charge in [-0.15, -0.1) is 11.3 Å². The van der Waals surface area contributed by atoms with Gasteiger partial charge in [-0.2, -0.15) is 0 Å². The van der Waals surface area contributed by atoms with Crippen molar-refractivity contribution in [3.63, 3.8) is 0 Å². The van der Waals surface area contributed by atoms with Crippen LogP contribution in [-0.4, -0.2) is 52.7 Å². The highest BCUT2D eigenvalue weighted by molar-refractivity contribution is 7.12. The van der Waals surface area contributed by atoms with Crippen LogP contribution in [0.3, 0.4) is 0 Å². The second-order valence-electron chi connectivity index (χ2n) is 5.82. The van der Waals surface area contributed by atoms with Crippen molar-refractivity contribution in [1.29, 1.82) is 0 Å². The van der Waals surface area contributed by atoms with Gasteiger partial charge in [-0.3, -0.25) is 19.7 Å². The van der Waals surface area contributed by atoms with Crippen LogP contribution in [0.5, 0.6) is 0 Å². The molecular formula is C17H17N3O4S. The molecule has 1 aromatic heterocycles. The van der Waals surface area contributed by atoms with Gasteiger partial charge in [-0.1, -0.05) is 6.07 Å². The van der Waals surface area contributed by atoms with E-state index in [1.807, 2.05) is 11.4 Å². The van der Waals surface area contributed by atoms with Gasteiger partial charge in [-0.05, 0) is 30.5 Å². The maximum atomic E-state index is 12.6. The molecule has 0 N–H and O–H groups in total. The first-order chi connectivity index (χ1) is 12.0. The fraction of sp³-hybridized carbons (Fsp3) is 0.294. The summed E-state index contributed by atoms with van der Waals surface area (Å²) in [6.07, 6.45) is 0. The average molecular weight is 359 g/mol. The second-order valence-corrected chi connectivity index (χ2v) is 6.77. The number of hydrogen-bond acceptors (Lipinski definition) is 5. The fourth-order valence-corrected chi connectivity index (χ4v) is 3.54. The minimum absolute atomic E-state index is 0.00270. The maximum Gasteiger partial charge on any atom is 0.272 e. The van der Waals surface area contributed by atoms with Crippen LogP contribution in [0.4, 0.5) is 5.69 Å². The molecule has 0 radical (unpaired) electrons. The molecule has 1 aromatic carbocycles. The van der Waals surface area contributed by atoms with E-state index < -0.39 is 4.92 Å². The molecule has 2 heterocycles. The first-order valence-electron chi connectivity index (χ1n) is 7.84. The smallest absolute Gasteiger partial charge is 0.272 e. The van der Waals surface area contributed by atoms with Crippen molar-refractivity contribution >= 4 is 28.8 Å². The van der Waals surface area contributed by atoms with Gasteiger partial charge in [0.15, 0.2) is 0 Å². The van der Waals surface area contributed by atoms with Crippen LogP contribution in [0.15, 0.2) is 35.7 Å². The highest BCUT2D eigenvalue weighted by atomic mass is 32.1. The Morgan fingerprint density at radius 1 is 1.08 bits per heavy atom. The molecular weight excluding hydrogens is 342 g/mol. The number of carbonyl (C=O) groups excluding carboxylic acids is 2. The van der Waals surface area contributed by atoms with Gasteiger partial charge in [0.25, 0.3) is 17.5 Å². The molecule has 2 amide bonds. The quantitative estimate of drug-likeness (QED) is 0.623. The molecule has 0 aliphatic carbocycles. The van der Waals surface area contributed by atoms with Crippen LogP contribution >= 0.6 is 11.3 Å². The molecule has 7 nitrogen and oxygen atoms in total. The molecule has 2 aromatic rings. The molecule has 0 unspecified atom stereocenters. The number of hydrogen-bond donors (Lipinski definition) is 0. The predicted octanol–water partition coefficient (Wildman–Crippen LogP) is 2.56. The standard InChI is InChI=1S/C17H17N3O4S/c1-12-11-13(4-5-14(12)20(23)24)16(21)18-6-8-19(9-7-18)17(22)15-3-2-10-25-15/h2-5,10-11H,6-9H2,1H3. The van der Waals surface area contributed by atoms with Crippen molar-refractivity contribution < 1.29 is 14.5 Å². The van der Waals surface area contributed by atoms with Gasteiger partial charge in [-0.25, -0.2) is 0 Å². The molecule has 1 aliphatic rings. The number of nitro benzene ring substituents is 1. The Labute approximate surface area is 148 Å². The van der Waals surface area contributed by atoms with E-state index in [4.69, 9.17) is 0 Å². The lowest BCUT2D eigenvalue weighted by atomic mass is 10.1. The number of thiophene rings is 1. The zero-order chi connectivity index (χ0) is 18.0. The van der Waals surface area contributed by atoms with Crippen LogP contribution in [-0.2, 0) is 0 Å². The lowest BCUT2D eigenvalue weighted by Gasteiger charge is -2.34. The van der Waals surface area contributed by atoms with Crippen molar-refractivity contribution in [3.8, 4) is 0 Å². The molecule has 0 spiro atoms. The second kappa shape index (κ2) is 7.02. The Morgan fingerprint density at radius 2 is 1.72 bits per heavy atom. The molecule has 25 heavy (non-hydrogen) atoms. The topological polar surface area (TPSA) is 83.8 Å². The van der Waals surface area contributed by atoms with E-state index in [2.05, 4.69) is 0 Å². The van der Waals surface area contributed by atoms with E-state index in [0.29, 0.717) is 42.2 Å². The van der Waals surface area contributed by atoms with E-state index in [0.717, 1.165) is 0 Å². The summed E-state index contributed by atoms with van der Waals surface area (Å²) in [5, 5.41) is 12.7. The molecule has 3 rings (SSSR count). The first-order valence-corrected chi connectivity index (χ1v) is 8.72. The summed E-state index contributed by atoms with van der Waals surface area (Å²) in [5.41, 5.74) is 0.895. The van der Waals surface area contributed by atoms with E-state index in [9.17, 15) is 19.7 Å². The van der Waals surface area contributed by atoms with Crippen LogP contribution in [0.1, 0.15) is 25.6 Å². The number of piperazine rings is 1. The zero-order valence-corrected chi connectivity index (χ0v) is 14.5. The third-order valence-corrected chi connectivity index (χ3v) is 5.08. The van der Waals surface area contributed by atoms with Crippen molar-refractivity contribution in [1.82, 2.24) is 9.80 Å². The maximum absolute atomic E-state index is 12.6. The third kappa shape index (κ3) is 3.53. The fourth-order valence-electron chi connectivity index (χ4n) is 2.84. The third-order valence-electron chi connectivity index (χ3n) is 4.23. The Hall–Kier alpha value is -2.74. The summed E-state index contributed by atoms with van der Waals surface area (Å²) < 4.78 is 0. The van der Waals surface area contributed by atoms with Crippen molar-refractivity contribution in [3.05, 3.63) is 61.8 Å². The molecule has 0 saturated carbocycles. The van der Waals surface area contributed by atoms with E-state index in [-0.39, 0.29) is 17.5 Å². The van der Waals surface area contributed by atoms with Crippen molar-refractivity contribution in [2.24, 2.45) is 0 Å². The molecule has 0 atom stereocenters. The van der Waals surface area contributed by atoms with Gasteiger partial charge in [0.2, 0.25) is 0 Å². The van der Waals surface area contributed by atoms with Gasteiger partial charge in [0.1, 0.15) is 0 Å². The highest BCUT2D eigenvalue weighted by Gasteiger charge is 2.26. The lowest BCUT2D eigenvalue weighted by molar-refractivity contribution is -0.385. The molecule has 1 aliphatic heterocycles. The number of rotatable bonds is 3. The number of amides is 2. The van der Waals surface area contributed by atoms with Gasteiger partial charge in [0.05, 0.1) is 9.80 Å². The number of benzene rings is 1. The predicted molar refractivity (Wildman–Crippen MR) is 94.0 cm³/mol. The number of carbonyl (C=O) groups is 2. The van der Waals surface area contributed by atoms with Gasteiger partial charge < -0.3 is 9.80 Å². The van der Waals surface area contributed by atoms with Crippen LogP contribution in [0, 0.1) is 17.0 Å². The number of nitrogens with zero attached hydrogens (tertiary/aromatic N) is 3. The van der Waals surface area contributed by atoms with E-state index >= 15 is 0 Å². The normalized spacial score (nSPS) is 14.4. The minimum atomic E-state index is -0.460. The van der Waals surface area contributed by atoms with E-state index in [1.54, 1.807) is 28.9 Å². The SMILES string of the molecule is Cc1cc(C(=O)N2CCN(C(=O)c3cccs3)CC2)ccc1[N+](=O)[O-]. The molecule has 0 bridgehead atoms. The Bertz CT molecular complexity index is 811. The highest BCUT2D eigenvalue weighted by Crippen LogP contribution is 2.20. The van der Waals surface area contributed by atoms with Crippen molar-refractivity contribution in [2.75, 3.05) is 26.2 Å².